The van der Waals surface area contributed by atoms with Crippen molar-refractivity contribution in [1.29, 1.82) is 0 Å². The number of rotatable bonds is 6. The maximum atomic E-state index is 13.7. The second-order valence-corrected chi connectivity index (χ2v) is 6.83. The summed E-state index contributed by atoms with van der Waals surface area (Å²) < 4.78 is 143. The van der Waals surface area contributed by atoms with Gasteiger partial charge in [0.25, 0.3) is 0 Å². The molecular formula is C22H8F10O4. The highest BCUT2D eigenvalue weighted by molar-refractivity contribution is 5.95. The lowest BCUT2D eigenvalue weighted by Crippen LogP contribution is -2.13. The van der Waals surface area contributed by atoms with E-state index in [1.165, 1.54) is 0 Å². The Morgan fingerprint density at radius 2 is 0.778 bits per heavy atom. The number of halogens is 10. The third-order valence-corrected chi connectivity index (χ3v) is 4.63. The van der Waals surface area contributed by atoms with Gasteiger partial charge in [0.05, 0.1) is 22.3 Å². The van der Waals surface area contributed by atoms with Gasteiger partial charge in [-0.3, -0.25) is 0 Å². The molecule has 3 aromatic rings. The molecule has 3 rings (SSSR count). The maximum Gasteiger partial charge on any atom is 0.338 e. The lowest BCUT2D eigenvalue weighted by molar-refractivity contribution is 0.0460. The molecule has 0 heterocycles. The quantitative estimate of drug-likeness (QED) is 0.177. The molecule has 4 nitrogen and oxygen atoms in total. The summed E-state index contributed by atoms with van der Waals surface area (Å²) >= 11 is 0. The SMILES string of the molecule is O=C(OCc1c(F)c(F)c(F)c(F)c1F)c1cccc(C(=O)OCc2c(F)c(F)c(F)c(F)c2F)c1. The Kier molecular flexibility index (Phi) is 7.55. The summed E-state index contributed by atoms with van der Waals surface area (Å²) in [7, 11) is 0. The number of carbonyl (C=O) groups is 2. The van der Waals surface area contributed by atoms with E-state index in [1.54, 1.807) is 0 Å². The van der Waals surface area contributed by atoms with Crippen LogP contribution in [0.4, 0.5) is 43.9 Å². The fourth-order valence-corrected chi connectivity index (χ4v) is 2.77. The van der Waals surface area contributed by atoms with E-state index in [-0.39, 0.29) is 0 Å². The first-order valence-corrected chi connectivity index (χ1v) is 9.31. The van der Waals surface area contributed by atoms with Gasteiger partial charge in [-0.15, -0.1) is 0 Å². The van der Waals surface area contributed by atoms with E-state index in [0.717, 1.165) is 24.3 Å². The van der Waals surface area contributed by atoms with Crippen molar-refractivity contribution in [2.75, 3.05) is 0 Å². The zero-order valence-electron chi connectivity index (χ0n) is 17.1. The Morgan fingerprint density at radius 1 is 0.500 bits per heavy atom. The van der Waals surface area contributed by atoms with Crippen molar-refractivity contribution in [3.8, 4) is 0 Å². The van der Waals surface area contributed by atoms with Crippen LogP contribution in [0.15, 0.2) is 24.3 Å². The molecule has 36 heavy (non-hydrogen) atoms. The van der Waals surface area contributed by atoms with E-state index in [2.05, 4.69) is 9.47 Å². The molecule has 0 aliphatic heterocycles. The van der Waals surface area contributed by atoms with Crippen molar-refractivity contribution < 1.29 is 63.0 Å². The molecule has 0 bridgehead atoms. The van der Waals surface area contributed by atoms with Crippen LogP contribution in [-0.4, -0.2) is 11.9 Å². The van der Waals surface area contributed by atoms with E-state index in [1.807, 2.05) is 0 Å². The van der Waals surface area contributed by atoms with Crippen LogP contribution in [0.5, 0.6) is 0 Å². The molecule has 0 aliphatic carbocycles. The van der Waals surface area contributed by atoms with Crippen molar-refractivity contribution in [3.63, 3.8) is 0 Å². The van der Waals surface area contributed by atoms with E-state index in [9.17, 15) is 53.5 Å². The van der Waals surface area contributed by atoms with E-state index < -0.39 is 106 Å². The van der Waals surface area contributed by atoms with Gasteiger partial charge < -0.3 is 9.47 Å². The van der Waals surface area contributed by atoms with Crippen molar-refractivity contribution in [2.24, 2.45) is 0 Å². The summed E-state index contributed by atoms with van der Waals surface area (Å²) in [4.78, 5) is 24.3. The minimum atomic E-state index is -2.42. The molecule has 0 aromatic heterocycles. The fraction of sp³-hybridized carbons (Fsp3) is 0.0909. The third kappa shape index (κ3) is 4.83. The van der Waals surface area contributed by atoms with Crippen molar-refractivity contribution >= 4 is 11.9 Å². The number of esters is 2. The second-order valence-electron chi connectivity index (χ2n) is 6.83. The van der Waals surface area contributed by atoms with Gasteiger partial charge in [-0.25, -0.2) is 53.5 Å². The first kappa shape index (κ1) is 26.5. The van der Waals surface area contributed by atoms with Crippen LogP contribution in [0.25, 0.3) is 0 Å². The fourth-order valence-electron chi connectivity index (χ4n) is 2.77. The lowest BCUT2D eigenvalue weighted by atomic mass is 10.1. The molecule has 14 heteroatoms. The maximum absolute atomic E-state index is 13.7. The number of benzene rings is 3. The third-order valence-electron chi connectivity index (χ3n) is 4.63. The van der Waals surface area contributed by atoms with Gasteiger partial charge in [0.1, 0.15) is 13.2 Å². The number of hydrogen-bond donors (Lipinski definition) is 0. The molecule has 190 valence electrons. The van der Waals surface area contributed by atoms with Crippen LogP contribution in [0.3, 0.4) is 0 Å². The van der Waals surface area contributed by atoms with Crippen molar-refractivity contribution in [1.82, 2.24) is 0 Å². The van der Waals surface area contributed by atoms with Crippen molar-refractivity contribution in [2.45, 2.75) is 13.2 Å². The summed E-state index contributed by atoms with van der Waals surface area (Å²) in [6.07, 6.45) is 0. The van der Waals surface area contributed by atoms with Crippen LogP contribution in [0.2, 0.25) is 0 Å². The predicted molar refractivity (Wildman–Crippen MR) is 97.1 cm³/mol. The zero-order valence-corrected chi connectivity index (χ0v) is 17.1. The highest BCUT2D eigenvalue weighted by Crippen LogP contribution is 2.25. The van der Waals surface area contributed by atoms with Crippen LogP contribution >= 0.6 is 0 Å². The van der Waals surface area contributed by atoms with Crippen LogP contribution in [0.1, 0.15) is 31.8 Å². The van der Waals surface area contributed by atoms with Crippen LogP contribution in [0, 0.1) is 58.2 Å². The highest BCUT2D eigenvalue weighted by Gasteiger charge is 2.28. The Labute approximate surface area is 193 Å². The zero-order chi connectivity index (χ0) is 26.9. The van der Waals surface area contributed by atoms with Gasteiger partial charge in [0.15, 0.2) is 46.5 Å². The number of hydrogen-bond acceptors (Lipinski definition) is 4. The average molecular weight is 526 g/mol. The molecule has 0 saturated carbocycles. The van der Waals surface area contributed by atoms with Gasteiger partial charge in [-0.05, 0) is 18.2 Å². The van der Waals surface area contributed by atoms with Gasteiger partial charge >= 0.3 is 11.9 Å². The van der Waals surface area contributed by atoms with Gasteiger partial charge in [-0.2, -0.15) is 0 Å². The molecule has 3 aromatic carbocycles. The minimum Gasteiger partial charge on any atom is -0.457 e. The Bertz CT molecular complexity index is 1230. The summed E-state index contributed by atoms with van der Waals surface area (Å²) in [5.41, 5.74) is -3.88. The van der Waals surface area contributed by atoms with Gasteiger partial charge in [0, 0.05) is 0 Å². The number of ether oxygens (including phenoxy) is 2. The van der Waals surface area contributed by atoms with Crippen LogP contribution in [-0.2, 0) is 22.7 Å². The molecule has 0 saturated heterocycles. The molecule has 0 radical (unpaired) electrons. The molecule has 0 fully saturated rings. The van der Waals surface area contributed by atoms with Gasteiger partial charge in [0.2, 0.25) is 11.6 Å². The molecular weight excluding hydrogens is 518 g/mol. The predicted octanol–water partition coefficient (Wildman–Crippen LogP) is 5.79. The lowest BCUT2D eigenvalue weighted by Gasteiger charge is -2.11. The minimum absolute atomic E-state index is 0.496. The molecule has 0 unspecified atom stereocenters. The molecule has 0 N–H and O–H groups in total. The van der Waals surface area contributed by atoms with E-state index >= 15 is 0 Å². The molecule has 0 spiro atoms. The molecule has 0 atom stereocenters. The summed E-state index contributed by atoms with van der Waals surface area (Å²) in [5.74, 6) is -25.6. The summed E-state index contributed by atoms with van der Waals surface area (Å²) in [6, 6.07) is 3.80. The van der Waals surface area contributed by atoms with E-state index in [4.69, 9.17) is 0 Å². The second kappa shape index (κ2) is 10.3. The first-order chi connectivity index (χ1) is 16.9. The Hall–Kier alpha value is -4.10. The Balaban J connectivity index is 1.74. The smallest absolute Gasteiger partial charge is 0.338 e. The normalized spacial score (nSPS) is 10.9. The highest BCUT2D eigenvalue weighted by atomic mass is 19.2. The van der Waals surface area contributed by atoms with Crippen molar-refractivity contribution in [3.05, 3.63) is 105 Å². The first-order valence-electron chi connectivity index (χ1n) is 9.31. The van der Waals surface area contributed by atoms with Crippen LogP contribution < -0.4 is 0 Å². The standard InChI is InChI=1S/C22H8F10O4/c23-11-9(12(24)16(28)19(31)15(11)27)5-35-21(33)7-2-1-3-8(4-7)22(34)36-6-10-13(25)17(29)20(32)18(30)14(10)26/h1-4H,5-6H2. The number of carbonyl (C=O) groups excluding carboxylic acids is 2. The summed E-state index contributed by atoms with van der Waals surface area (Å²) in [5, 5.41) is 0. The molecule has 0 amide bonds. The van der Waals surface area contributed by atoms with E-state index in [0.29, 0.717) is 0 Å². The topological polar surface area (TPSA) is 52.6 Å². The largest absolute Gasteiger partial charge is 0.457 e. The Morgan fingerprint density at radius 3 is 1.08 bits per heavy atom. The molecule has 0 aliphatic rings. The monoisotopic (exact) mass is 526 g/mol. The average Bonchev–Trinajstić information content (AvgIpc) is 2.88. The van der Waals surface area contributed by atoms with Gasteiger partial charge in [-0.1, -0.05) is 6.07 Å². The summed E-state index contributed by atoms with van der Waals surface area (Å²) in [6.45, 7) is -2.78.